The van der Waals surface area contributed by atoms with Crippen molar-refractivity contribution in [3.05, 3.63) is 33.8 Å². The molecule has 0 aromatic heterocycles. The zero-order valence-electron chi connectivity index (χ0n) is 11.9. The van der Waals surface area contributed by atoms with E-state index in [0.29, 0.717) is 41.7 Å². The first-order chi connectivity index (χ1) is 10.5. The van der Waals surface area contributed by atoms with Crippen LogP contribution in [0.1, 0.15) is 18.4 Å². The molecule has 1 aromatic rings. The smallest absolute Gasteiger partial charge is 0.323 e. The number of carbonyl (C=O) groups is 2. The number of nitrogens with zero attached hydrogens (tertiary/aromatic N) is 1. The Morgan fingerprint density at radius 1 is 1.27 bits per heavy atom. The highest BCUT2D eigenvalue weighted by atomic mass is 35.5. The monoisotopic (exact) mass is 345 g/mol. The van der Waals surface area contributed by atoms with Gasteiger partial charge in [-0.3, -0.25) is 9.59 Å². The molecule has 1 aromatic carbocycles. The molecule has 120 valence electrons. The van der Waals surface area contributed by atoms with E-state index in [0.717, 1.165) is 0 Å². The van der Waals surface area contributed by atoms with E-state index >= 15 is 0 Å². The van der Waals surface area contributed by atoms with Crippen LogP contribution < -0.4 is 0 Å². The number of ether oxygens (including phenoxy) is 1. The van der Waals surface area contributed by atoms with Crippen LogP contribution in [-0.2, 0) is 20.7 Å². The molecule has 1 N–H and O–H groups in total. The number of hydrogen-bond donors (Lipinski definition) is 1. The first kappa shape index (κ1) is 17.1. The third-order valence-corrected chi connectivity index (χ3v) is 4.21. The van der Waals surface area contributed by atoms with Gasteiger partial charge in [0.25, 0.3) is 0 Å². The van der Waals surface area contributed by atoms with Gasteiger partial charge >= 0.3 is 5.97 Å². The molecule has 5 nitrogen and oxygen atoms in total. The van der Waals surface area contributed by atoms with Crippen LogP contribution in [0, 0.1) is 0 Å². The molecule has 1 fully saturated rings. The van der Waals surface area contributed by atoms with Crippen LogP contribution in [0.3, 0.4) is 0 Å². The van der Waals surface area contributed by atoms with Gasteiger partial charge in [0.1, 0.15) is 6.54 Å². The van der Waals surface area contributed by atoms with Crippen LogP contribution in [0.15, 0.2) is 18.2 Å². The van der Waals surface area contributed by atoms with E-state index in [2.05, 4.69) is 0 Å². The third-order valence-electron chi connectivity index (χ3n) is 3.61. The second kappa shape index (κ2) is 7.81. The molecule has 0 atom stereocenters. The highest BCUT2D eigenvalue weighted by Crippen LogP contribution is 2.23. The van der Waals surface area contributed by atoms with Crippen molar-refractivity contribution in [1.29, 1.82) is 0 Å². The summed E-state index contributed by atoms with van der Waals surface area (Å²) in [4.78, 5) is 25.0. The topological polar surface area (TPSA) is 66.8 Å². The van der Waals surface area contributed by atoms with Gasteiger partial charge in [-0.1, -0.05) is 23.2 Å². The van der Waals surface area contributed by atoms with Gasteiger partial charge in [-0.2, -0.15) is 0 Å². The summed E-state index contributed by atoms with van der Waals surface area (Å²) < 4.78 is 5.26. The zero-order chi connectivity index (χ0) is 16.1. The maximum Gasteiger partial charge on any atom is 0.323 e. The molecule has 1 saturated heterocycles. The summed E-state index contributed by atoms with van der Waals surface area (Å²) in [6.45, 7) is 0.750. The Bertz CT molecular complexity index is 558. The molecule has 0 unspecified atom stereocenters. The highest BCUT2D eigenvalue weighted by molar-refractivity contribution is 6.33. The Hall–Kier alpha value is -1.30. The minimum Gasteiger partial charge on any atom is -0.480 e. The number of carbonyl (C=O) groups excluding carboxylic acids is 1. The average Bonchev–Trinajstić information content (AvgIpc) is 2.49. The van der Waals surface area contributed by atoms with Crippen LogP contribution >= 0.6 is 23.2 Å². The maximum absolute atomic E-state index is 12.5. The SMILES string of the molecule is O=C(O)CN(C(=O)Cc1cc(Cl)ccc1Cl)C1CCOCC1. The molecule has 1 heterocycles. The van der Waals surface area contributed by atoms with Crippen molar-refractivity contribution < 1.29 is 19.4 Å². The molecule has 0 radical (unpaired) electrons. The van der Waals surface area contributed by atoms with Gasteiger partial charge in [0.05, 0.1) is 6.42 Å². The number of carboxylic acid groups (broad SMARTS) is 1. The van der Waals surface area contributed by atoms with Crippen molar-refractivity contribution in [2.75, 3.05) is 19.8 Å². The first-order valence-electron chi connectivity index (χ1n) is 7.00. The molecule has 1 amide bonds. The van der Waals surface area contributed by atoms with Crippen molar-refractivity contribution in [2.45, 2.75) is 25.3 Å². The lowest BCUT2D eigenvalue weighted by molar-refractivity contribution is -0.147. The number of halogens is 2. The van der Waals surface area contributed by atoms with E-state index in [9.17, 15) is 9.59 Å². The van der Waals surface area contributed by atoms with Crippen molar-refractivity contribution in [3.63, 3.8) is 0 Å². The first-order valence-corrected chi connectivity index (χ1v) is 7.76. The standard InChI is InChI=1S/C15H17Cl2NO4/c16-11-1-2-13(17)10(7-11)8-14(19)18(9-15(20)21)12-3-5-22-6-4-12/h1-2,7,12H,3-6,8-9H2,(H,20,21). The minimum absolute atomic E-state index is 0.0318. The quantitative estimate of drug-likeness (QED) is 0.890. The van der Waals surface area contributed by atoms with Crippen LogP contribution in [0.5, 0.6) is 0 Å². The molecule has 22 heavy (non-hydrogen) atoms. The molecule has 0 spiro atoms. The molecule has 1 aliphatic rings. The fraction of sp³-hybridized carbons (Fsp3) is 0.467. The van der Waals surface area contributed by atoms with E-state index in [1.807, 2.05) is 0 Å². The molecule has 0 aliphatic carbocycles. The summed E-state index contributed by atoms with van der Waals surface area (Å²) in [5, 5.41) is 9.99. The predicted octanol–water partition coefficient (Wildman–Crippen LogP) is 2.63. The summed E-state index contributed by atoms with van der Waals surface area (Å²) >= 11 is 12.0. The number of benzene rings is 1. The Morgan fingerprint density at radius 3 is 2.59 bits per heavy atom. The lowest BCUT2D eigenvalue weighted by Gasteiger charge is -2.33. The number of rotatable bonds is 5. The van der Waals surface area contributed by atoms with E-state index in [1.54, 1.807) is 18.2 Å². The van der Waals surface area contributed by atoms with Gasteiger partial charge in [0.2, 0.25) is 5.91 Å². The number of hydrogen-bond acceptors (Lipinski definition) is 3. The Morgan fingerprint density at radius 2 is 1.95 bits per heavy atom. The van der Waals surface area contributed by atoms with Gasteiger partial charge < -0.3 is 14.7 Å². The predicted molar refractivity (Wildman–Crippen MR) is 83.4 cm³/mol. The third kappa shape index (κ3) is 4.60. The van der Waals surface area contributed by atoms with Crippen molar-refractivity contribution >= 4 is 35.1 Å². The lowest BCUT2D eigenvalue weighted by atomic mass is 10.0. The van der Waals surface area contributed by atoms with E-state index in [1.165, 1.54) is 4.90 Å². The van der Waals surface area contributed by atoms with E-state index < -0.39 is 5.97 Å². The molecular weight excluding hydrogens is 329 g/mol. The molecule has 1 aliphatic heterocycles. The molecule has 7 heteroatoms. The van der Waals surface area contributed by atoms with Gasteiger partial charge in [0.15, 0.2) is 0 Å². The van der Waals surface area contributed by atoms with Crippen molar-refractivity contribution in [1.82, 2.24) is 4.90 Å². The van der Waals surface area contributed by atoms with Gasteiger partial charge in [-0.05, 0) is 36.6 Å². The zero-order valence-corrected chi connectivity index (χ0v) is 13.4. The maximum atomic E-state index is 12.5. The summed E-state index contributed by atoms with van der Waals surface area (Å²) in [5.74, 6) is -1.30. The number of carboxylic acids is 1. The second-order valence-electron chi connectivity index (χ2n) is 5.17. The molecule has 2 rings (SSSR count). The largest absolute Gasteiger partial charge is 0.480 e. The van der Waals surface area contributed by atoms with Crippen LogP contribution in [-0.4, -0.2) is 47.7 Å². The Balaban J connectivity index is 2.13. The van der Waals surface area contributed by atoms with Gasteiger partial charge in [-0.15, -0.1) is 0 Å². The van der Waals surface area contributed by atoms with Gasteiger partial charge in [-0.25, -0.2) is 0 Å². The fourth-order valence-electron chi connectivity index (χ4n) is 2.51. The van der Waals surface area contributed by atoms with Gasteiger partial charge in [0, 0.05) is 29.3 Å². The second-order valence-corrected chi connectivity index (χ2v) is 6.02. The van der Waals surface area contributed by atoms with Crippen molar-refractivity contribution in [2.24, 2.45) is 0 Å². The number of aliphatic carboxylic acids is 1. The summed E-state index contributed by atoms with van der Waals surface area (Å²) in [6.07, 6.45) is 1.31. The van der Waals surface area contributed by atoms with E-state index in [-0.39, 0.29) is 24.9 Å². The van der Waals surface area contributed by atoms with E-state index in [4.69, 9.17) is 33.0 Å². The van der Waals surface area contributed by atoms with Crippen molar-refractivity contribution in [3.8, 4) is 0 Å². The summed E-state index contributed by atoms with van der Waals surface area (Å²) in [5.41, 5.74) is 0.599. The van der Waals surface area contributed by atoms with Crippen LogP contribution in [0.25, 0.3) is 0 Å². The number of amides is 1. The normalized spacial score (nSPS) is 15.5. The molecular formula is C15H17Cl2NO4. The molecule has 0 saturated carbocycles. The minimum atomic E-state index is -1.03. The van der Waals surface area contributed by atoms with Crippen LogP contribution in [0.4, 0.5) is 0 Å². The average molecular weight is 346 g/mol. The summed E-state index contributed by atoms with van der Waals surface area (Å²) in [6, 6.07) is 4.79. The lowest BCUT2D eigenvalue weighted by Crippen LogP contribution is -2.46. The highest BCUT2D eigenvalue weighted by Gasteiger charge is 2.27. The molecule has 0 bridgehead atoms. The fourth-order valence-corrected chi connectivity index (χ4v) is 2.89. The Labute approximate surface area is 138 Å². The van der Waals surface area contributed by atoms with Crippen LogP contribution in [0.2, 0.25) is 10.0 Å². The Kier molecular flexibility index (Phi) is 6.06. The summed E-state index contributed by atoms with van der Waals surface area (Å²) in [7, 11) is 0.